The Kier molecular flexibility index (Phi) is 6.26. The number of anilines is 1. The van der Waals surface area contributed by atoms with Crippen LogP contribution in [0.15, 0.2) is 47.4 Å². The lowest BCUT2D eigenvalue weighted by molar-refractivity contribution is -0.119. The molecule has 0 aliphatic carbocycles. The number of methoxy groups -OCH3 is 1. The second-order valence-electron chi connectivity index (χ2n) is 5.01. The highest BCUT2D eigenvalue weighted by atomic mass is 32.2. The first-order valence-electron chi connectivity index (χ1n) is 7.29. The van der Waals surface area contributed by atoms with Crippen LogP contribution >= 0.6 is 11.8 Å². The molecule has 0 aliphatic rings. The van der Waals surface area contributed by atoms with Gasteiger partial charge in [0.15, 0.2) is 6.61 Å². The van der Waals surface area contributed by atoms with E-state index in [2.05, 4.69) is 5.32 Å². The largest absolute Gasteiger partial charge is 0.496 e. The predicted octanol–water partition coefficient (Wildman–Crippen LogP) is 3.52. The van der Waals surface area contributed by atoms with Crippen LogP contribution < -0.4 is 10.1 Å². The first-order chi connectivity index (χ1) is 11.5. The number of para-hydroxylation sites is 1. The molecule has 1 N–H and O–H groups in total. The fourth-order valence-corrected chi connectivity index (χ4v) is 2.65. The van der Waals surface area contributed by atoms with Crippen molar-refractivity contribution in [3.8, 4) is 5.75 Å². The van der Waals surface area contributed by atoms with Crippen LogP contribution in [0, 0.1) is 6.92 Å². The van der Waals surface area contributed by atoms with Crippen LogP contribution in [-0.2, 0) is 9.53 Å². The molecule has 126 valence electrons. The monoisotopic (exact) mass is 345 g/mol. The van der Waals surface area contributed by atoms with Gasteiger partial charge in [0, 0.05) is 4.90 Å². The van der Waals surface area contributed by atoms with Crippen LogP contribution in [0.25, 0.3) is 0 Å². The van der Waals surface area contributed by atoms with E-state index >= 15 is 0 Å². The third kappa shape index (κ3) is 4.52. The Hall–Kier alpha value is -2.47. The summed E-state index contributed by atoms with van der Waals surface area (Å²) in [6.45, 7) is 1.53. The SMILES string of the molecule is COc1cc(C(=O)OCC(=O)Nc2ccccc2SC)ccc1C. The summed E-state index contributed by atoms with van der Waals surface area (Å²) >= 11 is 1.53. The number of ether oxygens (including phenoxy) is 2. The highest BCUT2D eigenvalue weighted by Gasteiger charge is 2.13. The number of esters is 1. The van der Waals surface area contributed by atoms with Gasteiger partial charge in [0.05, 0.1) is 18.4 Å². The normalized spacial score (nSPS) is 10.1. The molecule has 0 aromatic heterocycles. The third-order valence-electron chi connectivity index (χ3n) is 3.36. The van der Waals surface area contributed by atoms with E-state index in [9.17, 15) is 9.59 Å². The molecule has 2 rings (SSSR count). The number of carbonyl (C=O) groups excluding carboxylic acids is 2. The van der Waals surface area contributed by atoms with Gasteiger partial charge in [0.25, 0.3) is 5.91 Å². The number of aryl methyl sites for hydroxylation is 1. The van der Waals surface area contributed by atoms with Crippen molar-refractivity contribution in [2.75, 3.05) is 25.3 Å². The summed E-state index contributed by atoms with van der Waals surface area (Å²) in [7, 11) is 1.54. The second kappa shape index (κ2) is 8.40. The van der Waals surface area contributed by atoms with Gasteiger partial charge in [-0.1, -0.05) is 18.2 Å². The van der Waals surface area contributed by atoms with Crippen LogP contribution in [0.2, 0.25) is 0 Å². The van der Waals surface area contributed by atoms with Gasteiger partial charge < -0.3 is 14.8 Å². The zero-order valence-corrected chi connectivity index (χ0v) is 14.6. The maximum absolute atomic E-state index is 12.0. The Morgan fingerprint density at radius 3 is 2.62 bits per heavy atom. The minimum absolute atomic E-state index is 0.342. The van der Waals surface area contributed by atoms with Gasteiger partial charge in [-0.05, 0) is 43.0 Å². The van der Waals surface area contributed by atoms with Gasteiger partial charge in [-0.3, -0.25) is 4.79 Å². The van der Waals surface area contributed by atoms with Crippen LogP contribution in [0.4, 0.5) is 5.69 Å². The molecule has 0 saturated heterocycles. The zero-order valence-electron chi connectivity index (χ0n) is 13.8. The fourth-order valence-electron chi connectivity index (χ4n) is 2.10. The topological polar surface area (TPSA) is 64.6 Å². The summed E-state index contributed by atoms with van der Waals surface area (Å²) in [5, 5.41) is 2.74. The van der Waals surface area contributed by atoms with Gasteiger partial charge in [0.2, 0.25) is 0 Å². The standard InChI is InChI=1S/C18H19NO4S/c1-12-8-9-13(10-15(12)22-2)18(21)23-11-17(20)19-14-6-4-5-7-16(14)24-3/h4-10H,11H2,1-3H3,(H,19,20). The number of rotatable bonds is 6. The van der Waals surface area contributed by atoms with E-state index in [1.165, 1.54) is 18.9 Å². The molecule has 5 nitrogen and oxygen atoms in total. The van der Waals surface area contributed by atoms with Gasteiger partial charge in [-0.25, -0.2) is 4.79 Å². The summed E-state index contributed by atoms with van der Waals surface area (Å²) in [4.78, 5) is 25.0. The molecule has 0 atom stereocenters. The molecule has 0 fully saturated rings. The van der Waals surface area contributed by atoms with Crippen molar-refractivity contribution in [3.05, 3.63) is 53.6 Å². The Morgan fingerprint density at radius 1 is 1.17 bits per heavy atom. The van der Waals surface area contributed by atoms with E-state index in [1.54, 1.807) is 24.3 Å². The van der Waals surface area contributed by atoms with E-state index in [0.717, 1.165) is 10.5 Å². The van der Waals surface area contributed by atoms with E-state index < -0.39 is 5.97 Å². The molecular weight excluding hydrogens is 326 g/mol. The predicted molar refractivity (Wildman–Crippen MR) is 94.9 cm³/mol. The van der Waals surface area contributed by atoms with Gasteiger partial charge in [-0.2, -0.15) is 0 Å². The van der Waals surface area contributed by atoms with Crippen molar-refractivity contribution in [2.24, 2.45) is 0 Å². The highest BCUT2D eigenvalue weighted by Crippen LogP contribution is 2.24. The quantitative estimate of drug-likeness (QED) is 0.641. The van der Waals surface area contributed by atoms with Crippen LogP contribution in [-0.4, -0.2) is 31.8 Å². The summed E-state index contributed by atoms with van der Waals surface area (Å²) in [6.07, 6.45) is 1.93. The summed E-state index contributed by atoms with van der Waals surface area (Å²) < 4.78 is 10.2. The molecule has 0 saturated carbocycles. The molecule has 2 aromatic carbocycles. The number of carbonyl (C=O) groups is 2. The Morgan fingerprint density at radius 2 is 1.92 bits per heavy atom. The molecule has 24 heavy (non-hydrogen) atoms. The molecule has 0 heterocycles. The number of hydrogen-bond acceptors (Lipinski definition) is 5. The first kappa shape index (κ1) is 17.9. The third-order valence-corrected chi connectivity index (χ3v) is 4.16. The maximum Gasteiger partial charge on any atom is 0.338 e. The van der Waals surface area contributed by atoms with E-state index in [4.69, 9.17) is 9.47 Å². The zero-order chi connectivity index (χ0) is 17.5. The summed E-state index contributed by atoms with van der Waals surface area (Å²) in [6, 6.07) is 12.4. The van der Waals surface area contributed by atoms with Gasteiger partial charge >= 0.3 is 5.97 Å². The second-order valence-corrected chi connectivity index (χ2v) is 5.86. The van der Waals surface area contributed by atoms with Crippen molar-refractivity contribution in [1.29, 1.82) is 0 Å². The van der Waals surface area contributed by atoms with Crippen molar-refractivity contribution in [3.63, 3.8) is 0 Å². The number of hydrogen-bond donors (Lipinski definition) is 1. The number of thioether (sulfide) groups is 1. The van der Waals surface area contributed by atoms with Gasteiger partial charge in [-0.15, -0.1) is 11.8 Å². The van der Waals surface area contributed by atoms with E-state index in [1.807, 2.05) is 31.4 Å². The Balaban J connectivity index is 1.95. The molecule has 0 unspecified atom stereocenters. The highest BCUT2D eigenvalue weighted by molar-refractivity contribution is 7.98. The Bertz CT molecular complexity index is 746. The number of amides is 1. The molecule has 2 aromatic rings. The Labute approximate surface area is 145 Å². The van der Waals surface area contributed by atoms with Crippen molar-refractivity contribution in [1.82, 2.24) is 0 Å². The molecule has 0 radical (unpaired) electrons. The van der Waals surface area contributed by atoms with E-state index in [-0.39, 0.29) is 12.5 Å². The number of benzene rings is 2. The van der Waals surface area contributed by atoms with Crippen molar-refractivity contribution >= 4 is 29.3 Å². The van der Waals surface area contributed by atoms with Crippen LogP contribution in [0.3, 0.4) is 0 Å². The lowest BCUT2D eigenvalue weighted by atomic mass is 10.1. The smallest absolute Gasteiger partial charge is 0.338 e. The summed E-state index contributed by atoms with van der Waals surface area (Å²) in [5.41, 5.74) is 1.96. The maximum atomic E-state index is 12.0. The van der Waals surface area contributed by atoms with E-state index in [0.29, 0.717) is 17.0 Å². The van der Waals surface area contributed by atoms with Gasteiger partial charge in [0.1, 0.15) is 5.75 Å². The molecule has 6 heteroatoms. The van der Waals surface area contributed by atoms with Crippen molar-refractivity contribution < 1.29 is 19.1 Å². The average molecular weight is 345 g/mol. The van der Waals surface area contributed by atoms with Crippen LogP contribution in [0.1, 0.15) is 15.9 Å². The fraction of sp³-hybridized carbons (Fsp3) is 0.222. The number of nitrogens with one attached hydrogen (secondary N) is 1. The van der Waals surface area contributed by atoms with Crippen molar-refractivity contribution in [2.45, 2.75) is 11.8 Å². The summed E-state index contributed by atoms with van der Waals surface area (Å²) in [5.74, 6) is -0.353. The average Bonchev–Trinajstić information content (AvgIpc) is 2.60. The lowest BCUT2D eigenvalue weighted by Gasteiger charge is -2.10. The molecule has 0 bridgehead atoms. The minimum atomic E-state index is -0.568. The lowest BCUT2D eigenvalue weighted by Crippen LogP contribution is -2.21. The molecule has 1 amide bonds. The molecular formula is C18H19NO4S. The minimum Gasteiger partial charge on any atom is -0.496 e. The molecule has 0 aliphatic heterocycles. The molecule has 0 spiro atoms. The van der Waals surface area contributed by atoms with Crippen LogP contribution in [0.5, 0.6) is 5.75 Å². The first-order valence-corrected chi connectivity index (χ1v) is 8.52.